The second-order valence-corrected chi connectivity index (χ2v) is 3.51. The lowest BCUT2D eigenvalue weighted by atomic mass is 10.0. The fourth-order valence-electron chi connectivity index (χ4n) is 1.43. The Bertz CT molecular complexity index is 383. The summed E-state index contributed by atoms with van der Waals surface area (Å²) in [6.45, 7) is 0. The van der Waals surface area contributed by atoms with E-state index < -0.39 is 17.7 Å². The van der Waals surface area contributed by atoms with E-state index in [-0.39, 0.29) is 12.0 Å². The molecule has 0 heterocycles. The minimum absolute atomic E-state index is 0.132. The van der Waals surface area contributed by atoms with E-state index in [1.54, 1.807) is 19.0 Å². The highest BCUT2D eigenvalue weighted by Gasteiger charge is 2.18. The van der Waals surface area contributed by atoms with Crippen LogP contribution in [0.5, 0.6) is 0 Å². The maximum atomic E-state index is 13.4. The Morgan fingerprint density at radius 2 is 2.07 bits per heavy atom. The average molecular weight is 210 g/mol. The van der Waals surface area contributed by atoms with Gasteiger partial charge in [-0.25, -0.2) is 8.78 Å². The summed E-state index contributed by atoms with van der Waals surface area (Å²) in [6.07, 6.45) is 0.132. The minimum atomic E-state index is -0.490. The maximum Gasteiger partial charge on any atom is 0.128 e. The predicted molar refractivity (Wildman–Crippen MR) is 53.0 cm³/mol. The van der Waals surface area contributed by atoms with Gasteiger partial charge in [-0.05, 0) is 32.3 Å². The van der Waals surface area contributed by atoms with Crippen molar-refractivity contribution in [2.24, 2.45) is 0 Å². The number of nitrogens with zero attached hydrogens (tertiary/aromatic N) is 2. The molecule has 0 N–H and O–H groups in total. The summed E-state index contributed by atoms with van der Waals surface area (Å²) in [5.74, 6) is -0.971. The predicted octanol–water partition coefficient (Wildman–Crippen LogP) is 2.48. The molecule has 0 aliphatic rings. The van der Waals surface area contributed by atoms with Crippen molar-refractivity contribution >= 4 is 0 Å². The zero-order chi connectivity index (χ0) is 11.4. The van der Waals surface area contributed by atoms with Crippen molar-refractivity contribution in [3.63, 3.8) is 0 Å². The molecular formula is C11H12F2N2. The van der Waals surface area contributed by atoms with E-state index in [4.69, 9.17) is 5.26 Å². The molecule has 0 bridgehead atoms. The van der Waals surface area contributed by atoms with Crippen molar-refractivity contribution in [1.29, 1.82) is 5.26 Å². The van der Waals surface area contributed by atoms with Gasteiger partial charge in [0.05, 0.1) is 18.5 Å². The lowest BCUT2D eigenvalue weighted by Crippen LogP contribution is -2.20. The quantitative estimate of drug-likeness (QED) is 0.766. The molecule has 0 saturated heterocycles. The van der Waals surface area contributed by atoms with Crippen LogP contribution in [-0.2, 0) is 0 Å². The Balaban J connectivity index is 3.11. The van der Waals surface area contributed by atoms with Crippen molar-refractivity contribution in [2.75, 3.05) is 14.1 Å². The Morgan fingerprint density at radius 3 is 2.60 bits per heavy atom. The molecule has 15 heavy (non-hydrogen) atoms. The van der Waals surface area contributed by atoms with Crippen LogP contribution in [0.25, 0.3) is 0 Å². The van der Waals surface area contributed by atoms with Gasteiger partial charge in [-0.15, -0.1) is 0 Å². The van der Waals surface area contributed by atoms with Crippen LogP contribution in [0, 0.1) is 23.0 Å². The van der Waals surface area contributed by atoms with Crippen LogP contribution in [0.4, 0.5) is 8.78 Å². The molecule has 0 aliphatic carbocycles. The van der Waals surface area contributed by atoms with E-state index in [0.717, 1.165) is 18.2 Å². The number of benzene rings is 1. The number of nitriles is 1. The van der Waals surface area contributed by atoms with Crippen LogP contribution in [0.1, 0.15) is 18.0 Å². The van der Waals surface area contributed by atoms with Gasteiger partial charge < -0.3 is 4.90 Å². The fourth-order valence-corrected chi connectivity index (χ4v) is 1.43. The van der Waals surface area contributed by atoms with Crippen LogP contribution < -0.4 is 0 Å². The molecule has 1 atom stereocenters. The number of halogens is 2. The van der Waals surface area contributed by atoms with Gasteiger partial charge in [-0.1, -0.05) is 0 Å². The van der Waals surface area contributed by atoms with Crippen molar-refractivity contribution in [3.05, 3.63) is 35.4 Å². The molecule has 80 valence electrons. The molecule has 1 unspecified atom stereocenters. The highest BCUT2D eigenvalue weighted by atomic mass is 19.1. The molecular weight excluding hydrogens is 198 g/mol. The molecule has 0 fully saturated rings. The van der Waals surface area contributed by atoms with Crippen molar-refractivity contribution in [1.82, 2.24) is 4.90 Å². The molecule has 0 spiro atoms. The summed E-state index contributed by atoms with van der Waals surface area (Å²) in [5.41, 5.74) is 0.224. The van der Waals surface area contributed by atoms with Crippen LogP contribution in [0.3, 0.4) is 0 Å². The summed E-state index contributed by atoms with van der Waals surface area (Å²) in [5, 5.41) is 8.61. The van der Waals surface area contributed by atoms with Crippen molar-refractivity contribution in [2.45, 2.75) is 12.5 Å². The number of hydrogen-bond acceptors (Lipinski definition) is 2. The number of rotatable bonds is 3. The van der Waals surface area contributed by atoms with Crippen LogP contribution >= 0.6 is 0 Å². The minimum Gasteiger partial charge on any atom is -0.301 e. The van der Waals surface area contributed by atoms with Crippen LogP contribution in [0.15, 0.2) is 18.2 Å². The number of hydrogen-bond donors (Lipinski definition) is 0. The largest absolute Gasteiger partial charge is 0.301 e. The third-order valence-electron chi connectivity index (χ3n) is 2.23. The van der Waals surface area contributed by atoms with Gasteiger partial charge in [0.2, 0.25) is 0 Å². The highest BCUT2D eigenvalue weighted by molar-refractivity contribution is 5.23. The first kappa shape index (κ1) is 11.6. The maximum absolute atomic E-state index is 13.4. The third-order valence-corrected chi connectivity index (χ3v) is 2.23. The van der Waals surface area contributed by atoms with E-state index in [1.807, 2.05) is 6.07 Å². The summed E-state index contributed by atoms with van der Waals surface area (Å²) in [7, 11) is 3.46. The van der Waals surface area contributed by atoms with Crippen molar-refractivity contribution < 1.29 is 8.78 Å². The Labute approximate surface area is 87.7 Å². The molecule has 0 saturated carbocycles. The normalized spacial score (nSPS) is 12.5. The van der Waals surface area contributed by atoms with E-state index in [2.05, 4.69) is 0 Å². The molecule has 1 aromatic rings. The first-order valence-electron chi connectivity index (χ1n) is 4.54. The summed E-state index contributed by atoms with van der Waals surface area (Å²) in [6, 6.07) is 4.84. The van der Waals surface area contributed by atoms with E-state index >= 15 is 0 Å². The van der Waals surface area contributed by atoms with Gasteiger partial charge in [0, 0.05) is 5.56 Å². The zero-order valence-corrected chi connectivity index (χ0v) is 8.67. The summed E-state index contributed by atoms with van der Waals surface area (Å²) < 4.78 is 26.3. The van der Waals surface area contributed by atoms with E-state index in [0.29, 0.717) is 0 Å². The lowest BCUT2D eigenvalue weighted by molar-refractivity contribution is 0.295. The topological polar surface area (TPSA) is 27.0 Å². The second-order valence-electron chi connectivity index (χ2n) is 3.51. The standard InChI is InChI=1S/C11H12F2N2/c1-15(2)11(5-6-14)9-7-8(12)3-4-10(9)13/h3-4,7,11H,5H2,1-2H3. The summed E-state index contributed by atoms with van der Waals surface area (Å²) >= 11 is 0. The molecule has 4 heteroatoms. The molecule has 0 aromatic heterocycles. The van der Waals surface area contributed by atoms with Crippen LogP contribution in [-0.4, -0.2) is 19.0 Å². The van der Waals surface area contributed by atoms with E-state index in [9.17, 15) is 8.78 Å². The van der Waals surface area contributed by atoms with Gasteiger partial charge in [0.25, 0.3) is 0 Å². The molecule has 1 rings (SSSR count). The fraction of sp³-hybridized carbons (Fsp3) is 0.364. The lowest BCUT2D eigenvalue weighted by Gasteiger charge is -2.22. The van der Waals surface area contributed by atoms with Crippen molar-refractivity contribution in [3.8, 4) is 6.07 Å². The Hall–Kier alpha value is -1.47. The van der Waals surface area contributed by atoms with Crippen LogP contribution in [0.2, 0.25) is 0 Å². The molecule has 0 amide bonds. The molecule has 1 aromatic carbocycles. The van der Waals surface area contributed by atoms with Gasteiger partial charge >= 0.3 is 0 Å². The van der Waals surface area contributed by atoms with Gasteiger partial charge in [-0.2, -0.15) is 5.26 Å². The SMILES string of the molecule is CN(C)C(CC#N)c1cc(F)ccc1F. The molecule has 0 radical (unpaired) electrons. The third kappa shape index (κ3) is 2.74. The van der Waals surface area contributed by atoms with Gasteiger partial charge in [-0.3, -0.25) is 0 Å². The van der Waals surface area contributed by atoms with E-state index in [1.165, 1.54) is 0 Å². The first-order valence-corrected chi connectivity index (χ1v) is 4.54. The molecule has 2 nitrogen and oxygen atoms in total. The highest BCUT2D eigenvalue weighted by Crippen LogP contribution is 2.24. The smallest absolute Gasteiger partial charge is 0.128 e. The Kier molecular flexibility index (Phi) is 3.75. The Morgan fingerprint density at radius 1 is 1.40 bits per heavy atom. The average Bonchev–Trinajstić information content (AvgIpc) is 2.18. The first-order chi connectivity index (χ1) is 7.06. The zero-order valence-electron chi connectivity index (χ0n) is 8.67. The monoisotopic (exact) mass is 210 g/mol. The van der Waals surface area contributed by atoms with Gasteiger partial charge in [0.15, 0.2) is 0 Å². The second kappa shape index (κ2) is 4.85. The van der Waals surface area contributed by atoms with Gasteiger partial charge in [0.1, 0.15) is 11.6 Å². The summed E-state index contributed by atoms with van der Waals surface area (Å²) in [4.78, 5) is 1.70. The molecule has 0 aliphatic heterocycles.